The molecule has 0 aliphatic carbocycles. The van der Waals surface area contributed by atoms with E-state index in [1.807, 2.05) is 30.5 Å². The molecule has 0 bridgehead atoms. The van der Waals surface area contributed by atoms with E-state index in [2.05, 4.69) is 61.6 Å². The third-order valence-corrected chi connectivity index (χ3v) is 10.8. The average molecular weight is 684 g/mol. The van der Waals surface area contributed by atoms with Crippen molar-refractivity contribution in [2.24, 2.45) is 10.1 Å². The molecule has 2 aliphatic heterocycles. The number of thioether (sulfide) groups is 1. The molecule has 0 unspecified atom stereocenters. The number of hydrogen-bond acceptors (Lipinski definition) is 6. The van der Waals surface area contributed by atoms with Gasteiger partial charge in [-0.05, 0) is 74.2 Å². The number of amides is 2. The number of benzene rings is 1. The van der Waals surface area contributed by atoms with Gasteiger partial charge >= 0.3 is 0 Å². The Morgan fingerprint density at radius 3 is 2.58 bits per heavy atom. The Bertz CT molecular complexity index is 1270. The Hall–Kier alpha value is -1.73. The number of carbonyl (C=O) groups is 2. The summed E-state index contributed by atoms with van der Waals surface area (Å²) >= 11 is 8.54. The maximum atomic E-state index is 13.7. The van der Waals surface area contributed by atoms with Crippen LogP contribution in [0, 0.1) is 0 Å². The van der Waals surface area contributed by atoms with Gasteiger partial charge in [0.1, 0.15) is 22.7 Å². The highest BCUT2D eigenvalue weighted by molar-refractivity contribution is 9.13. The summed E-state index contributed by atoms with van der Waals surface area (Å²) in [7, 11) is -1.22. The maximum absolute atomic E-state index is 13.7. The van der Waals surface area contributed by atoms with Crippen LogP contribution in [0.5, 0.6) is 0 Å². The van der Waals surface area contributed by atoms with E-state index in [9.17, 15) is 9.59 Å². The first-order chi connectivity index (χ1) is 18.1. The van der Waals surface area contributed by atoms with E-state index in [-0.39, 0.29) is 18.5 Å². The van der Waals surface area contributed by atoms with E-state index >= 15 is 0 Å². The van der Waals surface area contributed by atoms with Crippen molar-refractivity contribution < 1.29 is 14.3 Å². The number of halogens is 2. The van der Waals surface area contributed by atoms with Crippen LogP contribution in [0.3, 0.4) is 0 Å². The first kappa shape index (κ1) is 29.3. The molecule has 0 fully saturated rings. The van der Waals surface area contributed by atoms with Gasteiger partial charge in [0.15, 0.2) is 5.17 Å². The molecule has 0 spiro atoms. The van der Waals surface area contributed by atoms with E-state index in [0.29, 0.717) is 55.7 Å². The van der Waals surface area contributed by atoms with Gasteiger partial charge in [0.05, 0.1) is 17.6 Å². The Labute approximate surface area is 246 Å². The number of aliphatic imine (C=N–C) groups is 1. The Morgan fingerprint density at radius 2 is 1.87 bits per heavy atom. The predicted octanol–water partition coefficient (Wildman–Crippen LogP) is 6.18. The molecule has 8 nitrogen and oxygen atoms in total. The standard InChI is InChI=1S/C26H33Br2N5O3SSi/c1-37-26-29-15-18-8-5-6-9-19(18)16-31(26)24(34)21-10-7-11-33(30-21)25(35)22-14-20(27)23(28)32(22)17-36-12-13-38(2,3)4/h5-6,8-9,14H,7,10-13,15-17H2,1-4H3. The molecule has 0 N–H and O–H groups in total. The van der Waals surface area contributed by atoms with E-state index in [1.54, 1.807) is 15.5 Å². The van der Waals surface area contributed by atoms with Gasteiger partial charge in [-0.2, -0.15) is 5.10 Å². The molecule has 2 aliphatic rings. The van der Waals surface area contributed by atoms with Gasteiger partial charge in [-0.25, -0.2) is 5.01 Å². The van der Waals surface area contributed by atoms with Crippen LogP contribution in [0.15, 0.2) is 49.5 Å². The highest BCUT2D eigenvalue weighted by Crippen LogP contribution is 2.29. The second-order valence-corrected chi connectivity index (χ2v) is 18.5. The fourth-order valence-electron chi connectivity index (χ4n) is 4.23. The van der Waals surface area contributed by atoms with Crippen LogP contribution < -0.4 is 0 Å². The monoisotopic (exact) mass is 681 g/mol. The van der Waals surface area contributed by atoms with Crippen LogP contribution in [-0.4, -0.2) is 64.7 Å². The number of amidine groups is 1. The summed E-state index contributed by atoms with van der Waals surface area (Å²) in [5.74, 6) is -0.477. The summed E-state index contributed by atoms with van der Waals surface area (Å²) in [5.41, 5.74) is 3.00. The summed E-state index contributed by atoms with van der Waals surface area (Å²) in [6, 6.07) is 10.9. The highest BCUT2D eigenvalue weighted by Gasteiger charge is 2.31. The lowest BCUT2D eigenvalue weighted by molar-refractivity contribution is -0.121. The average Bonchev–Trinajstić information content (AvgIpc) is 3.06. The lowest BCUT2D eigenvalue weighted by atomic mass is 10.1. The fraction of sp³-hybridized carbons (Fsp3) is 0.462. The molecule has 0 saturated carbocycles. The van der Waals surface area contributed by atoms with Crippen molar-refractivity contribution in [2.75, 3.05) is 19.4 Å². The van der Waals surface area contributed by atoms with Gasteiger partial charge < -0.3 is 9.30 Å². The summed E-state index contributed by atoms with van der Waals surface area (Å²) < 4.78 is 9.23. The van der Waals surface area contributed by atoms with E-state index in [4.69, 9.17) is 4.74 Å². The summed E-state index contributed by atoms with van der Waals surface area (Å²) in [6.07, 6.45) is 3.09. The summed E-state index contributed by atoms with van der Waals surface area (Å²) in [5, 5.41) is 6.63. The zero-order valence-corrected chi connectivity index (χ0v) is 27.2. The number of fused-ring (bicyclic) bond motifs is 1. The van der Waals surface area contributed by atoms with Crippen molar-refractivity contribution in [3.8, 4) is 0 Å². The molecule has 0 radical (unpaired) electrons. The maximum Gasteiger partial charge on any atom is 0.290 e. The SMILES string of the molecule is CSC1=NCc2ccccc2CN1C(=O)C1=NN(C(=O)c2cc(Br)c(Br)n2COCC[Si](C)(C)C)CCC1. The molecule has 4 rings (SSSR count). The number of ether oxygens (including phenoxy) is 1. The third kappa shape index (κ3) is 6.88. The van der Waals surface area contributed by atoms with Crippen molar-refractivity contribution in [2.45, 2.75) is 58.3 Å². The van der Waals surface area contributed by atoms with E-state index in [0.717, 1.165) is 26.2 Å². The topological polar surface area (TPSA) is 79.5 Å². The fourth-order valence-corrected chi connectivity index (χ4v) is 6.39. The van der Waals surface area contributed by atoms with Crippen LogP contribution >= 0.6 is 43.6 Å². The Morgan fingerprint density at radius 1 is 1.13 bits per heavy atom. The first-order valence-corrected chi connectivity index (χ1v) is 19.1. The van der Waals surface area contributed by atoms with Crippen LogP contribution in [0.25, 0.3) is 0 Å². The molecule has 2 aromatic rings. The van der Waals surface area contributed by atoms with Gasteiger partial charge in [-0.3, -0.25) is 19.5 Å². The number of hydrazone groups is 1. The number of hydrogen-bond donors (Lipinski definition) is 0. The first-order valence-electron chi connectivity index (χ1n) is 12.6. The number of aromatic nitrogens is 1. The number of rotatable bonds is 7. The van der Waals surface area contributed by atoms with E-state index < -0.39 is 8.07 Å². The number of nitrogens with zero attached hydrogens (tertiary/aromatic N) is 5. The van der Waals surface area contributed by atoms with Gasteiger partial charge in [-0.1, -0.05) is 55.7 Å². The van der Waals surface area contributed by atoms with Crippen molar-refractivity contribution in [3.63, 3.8) is 0 Å². The highest BCUT2D eigenvalue weighted by atomic mass is 79.9. The van der Waals surface area contributed by atoms with Gasteiger partial charge in [-0.15, -0.1) is 0 Å². The lowest BCUT2D eigenvalue weighted by Gasteiger charge is -2.27. The van der Waals surface area contributed by atoms with Crippen LogP contribution in [0.1, 0.15) is 34.5 Å². The van der Waals surface area contributed by atoms with Gasteiger partial charge in [0, 0.05) is 21.2 Å². The zero-order chi connectivity index (χ0) is 27.4. The minimum absolute atomic E-state index is 0.209. The summed E-state index contributed by atoms with van der Waals surface area (Å²) in [6.45, 7) is 9.22. The molecule has 1 aromatic heterocycles. The molecular weight excluding hydrogens is 650 g/mol. The zero-order valence-electron chi connectivity index (χ0n) is 22.2. The molecule has 0 atom stereocenters. The Balaban J connectivity index is 1.54. The molecule has 2 amide bonds. The normalized spacial score (nSPS) is 16.1. The molecule has 0 saturated heterocycles. The smallest absolute Gasteiger partial charge is 0.290 e. The third-order valence-electron chi connectivity index (χ3n) is 6.42. The second-order valence-electron chi connectivity index (χ2n) is 10.5. The summed E-state index contributed by atoms with van der Waals surface area (Å²) in [4.78, 5) is 33.7. The van der Waals surface area contributed by atoms with Crippen molar-refractivity contribution >= 4 is 74.4 Å². The van der Waals surface area contributed by atoms with Crippen molar-refractivity contribution in [3.05, 3.63) is 56.2 Å². The quantitative estimate of drug-likeness (QED) is 0.258. The predicted molar refractivity (Wildman–Crippen MR) is 163 cm³/mol. The minimum Gasteiger partial charge on any atom is -0.361 e. The van der Waals surface area contributed by atoms with Crippen LogP contribution in [0.2, 0.25) is 25.7 Å². The number of carbonyl (C=O) groups excluding carboxylic acids is 2. The van der Waals surface area contributed by atoms with E-state index in [1.165, 1.54) is 16.8 Å². The van der Waals surface area contributed by atoms with Crippen LogP contribution in [0.4, 0.5) is 0 Å². The molecule has 204 valence electrons. The molecule has 1 aromatic carbocycles. The van der Waals surface area contributed by atoms with Crippen LogP contribution in [-0.2, 0) is 29.4 Å². The molecular formula is C26H33Br2N5O3SSi. The Kier molecular flexibility index (Phi) is 9.72. The molecule has 3 heterocycles. The van der Waals surface area contributed by atoms with Crippen molar-refractivity contribution in [1.29, 1.82) is 0 Å². The van der Waals surface area contributed by atoms with Crippen molar-refractivity contribution in [1.82, 2.24) is 14.5 Å². The molecule has 38 heavy (non-hydrogen) atoms. The van der Waals surface area contributed by atoms with Gasteiger partial charge in [0.25, 0.3) is 11.8 Å². The minimum atomic E-state index is -1.22. The second kappa shape index (κ2) is 12.6. The lowest BCUT2D eigenvalue weighted by Crippen LogP contribution is -2.43. The molecule has 12 heteroatoms. The van der Waals surface area contributed by atoms with Gasteiger partial charge in [0.2, 0.25) is 0 Å². The largest absolute Gasteiger partial charge is 0.361 e.